The van der Waals surface area contributed by atoms with Gasteiger partial charge in [-0.3, -0.25) is 4.79 Å². The molecule has 0 aliphatic carbocycles. The molecule has 0 aliphatic heterocycles. The number of hydrogen-bond acceptors (Lipinski definition) is 1. The summed E-state index contributed by atoms with van der Waals surface area (Å²) in [5.41, 5.74) is 0.206. The van der Waals surface area contributed by atoms with Crippen LogP contribution in [0, 0.1) is 5.41 Å². The van der Waals surface area contributed by atoms with E-state index in [1.54, 1.807) is 0 Å². The van der Waals surface area contributed by atoms with Gasteiger partial charge in [-0.2, -0.15) is 0 Å². The van der Waals surface area contributed by atoms with Crippen LogP contribution in [0.3, 0.4) is 0 Å². The quantitative estimate of drug-likeness (QED) is 0.745. The van der Waals surface area contributed by atoms with Gasteiger partial charge in [-0.25, -0.2) is 0 Å². The number of hydrogen-bond donors (Lipinski definition) is 1. The van der Waals surface area contributed by atoms with Crippen LogP contribution in [0.1, 0.15) is 34.1 Å². The summed E-state index contributed by atoms with van der Waals surface area (Å²) in [6, 6.07) is 0. The summed E-state index contributed by atoms with van der Waals surface area (Å²) in [4.78, 5) is 11.1. The van der Waals surface area contributed by atoms with Gasteiger partial charge in [0.1, 0.15) is 0 Å². The van der Waals surface area contributed by atoms with Gasteiger partial charge < -0.3 is 5.32 Å². The lowest BCUT2D eigenvalue weighted by atomic mass is 9.90. The molecule has 0 aliphatic rings. The molecule has 0 radical (unpaired) electrons. The molecule has 72 valence electrons. The van der Waals surface area contributed by atoms with Gasteiger partial charge in [-0.05, 0) is 18.8 Å². The standard InChI is InChI=1S/C9H18BrNO/c1-5-9(3,4)6-11-8(12)7(2)10/h7H,5-6H2,1-4H3,(H,11,12). The van der Waals surface area contributed by atoms with Gasteiger partial charge in [0.05, 0.1) is 4.83 Å². The summed E-state index contributed by atoms with van der Waals surface area (Å²) in [5, 5.41) is 2.89. The molecule has 1 amide bonds. The van der Waals surface area contributed by atoms with Gasteiger partial charge in [-0.1, -0.05) is 36.7 Å². The van der Waals surface area contributed by atoms with Gasteiger partial charge in [-0.15, -0.1) is 0 Å². The van der Waals surface area contributed by atoms with E-state index in [9.17, 15) is 4.79 Å². The SMILES string of the molecule is CCC(C)(C)CNC(=O)C(C)Br. The molecule has 0 heterocycles. The van der Waals surface area contributed by atoms with Crippen molar-refractivity contribution in [2.45, 2.75) is 38.9 Å². The predicted molar refractivity (Wildman–Crippen MR) is 55.5 cm³/mol. The molecule has 0 aromatic carbocycles. The van der Waals surface area contributed by atoms with E-state index < -0.39 is 0 Å². The topological polar surface area (TPSA) is 29.1 Å². The molecule has 1 atom stereocenters. The zero-order valence-corrected chi connectivity index (χ0v) is 9.86. The van der Waals surface area contributed by atoms with E-state index in [-0.39, 0.29) is 16.1 Å². The maximum Gasteiger partial charge on any atom is 0.233 e. The molecule has 0 fully saturated rings. The third-order valence-electron chi connectivity index (χ3n) is 2.06. The fourth-order valence-electron chi connectivity index (χ4n) is 0.592. The van der Waals surface area contributed by atoms with Crippen LogP contribution < -0.4 is 5.32 Å². The minimum absolute atomic E-state index is 0.0662. The van der Waals surface area contributed by atoms with Crippen LogP contribution in [0.4, 0.5) is 0 Å². The first kappa shape index (κ1) is 11.9. The number of nitrogens with one attached hydrogen (secondary N) is 1. The van der Waals surface area contributed by atoms with Crippen molar-refractivity contribution in [2.24, 2.45) is 5.41 Å². The fourth-order valence-corrected chi connectivity index (χ4v) is 0.754. The second kappa shape index (κ2) is 4.85. The smallest absolute Gasteiger partial charge is 0.233 e. The average Bonchev–Trinajstić information content (AvgIpc) is 2.00. The van der Waals surface area contributed by atoms with Gasteiger partial charge in [0.2, 0.25) is 5.91 Å². The van der Waals surface area contributed by atoms with Crippen molar-refractivity contribution in [3.8, 4) is 0 Å². The Bertz CT molecular complexity index is 155. The second-order valence-electron chi connectivity index (χ2n) is 3.85. The monoisotopic (exact) mass is 235 g/mol. The second-order valence-corrected chi connectivity index (χ2v) is 5.23. The molecule has 3 heteroatoms. The lowest BCUT2D eigenvalue weighted by molar-refractivity contribution is -0.120. The first-order valence-electron chi connectivity index (χ1n) is 4.31. The van der Waals surface area contributed by atoms with Crippen LogP contribution in [0.15, 0.2) is 0 Å². The highest BCUT2D eigenvalue weighted by molar-refractivity contribution is 9.10. The van der Waals surface area contributed by atoms with E-state index in [4.69, 9.17) is 0 Å². The van der Waals surface area contributed by atoms with Crippen molar-refractivity contribution in [1.82, 2.24) is 5.32 Å². The molecule has 0 aromatic rings. The summed E-state index contributed by atoms with van der Waals surface area (Å²) in [7, 11) is 0. The normalized spacial score (nSPS) is 14.1. The zero-order chi connectivity index (χ0) is 9.78. The lowest BCUT2D eigenvalue weighted by Crippen LogP contribution is -2.36. The van der Waals surface area contributed by atoms with E-state index in [1.165, 1.54) is 0 Å². The minimum Gasteiger partial charge on any atom is -0.355 e. The third kappa shape index (κ3) is 4.75. The molecule has 1 N–H and O–H groups in total. The fraction of sp³-hybridized carbons (Fsp3) is 0.889. The van der Waals surface area contributed by atoms with Crippen molar-refractivity contribution >= 4 is 21.8 Å². The highest BCUT2D eigenvalue weighted by Gasteiger charge is 2.17. The van der Waals surface area contributed by atoms with Crippen LogP contribution >= 0.6 is 15.9 Å². The molecule has 2 nitrogen and oxygen atoms in total. The van der Waals surface area contributed by atoms with E-state index >= 15 is 0 Å². The molecule has 0 spiro atoms. The van der Waals surface area contributed by atoms with E-state index in [0.29, 0.717) is 0 Å². The van der Waals surface area contributed by atoms with Gasteiger partial charge >= 0.3 is 0 Å². The Hall–Kier alpha value is -0.0500. The van der Waals surface area contributed by atoms with Crippen molar-refractivity contribution in [3.05, 3.63) is 0 Å². The van der Waals surface area contributed by atoms with E-state index in [1.807, 2.05) is 6.92 Å². The summed E-state index contributed by atoms with van der Waals surface area (Å²) in [6.07, 6.45) is 1.07. The van der Waals surface area contributed by atoms with Crippen LogP contribution in [0.2, 0.25) is 0 Å². The molecule has 0 rings (SSSR count). The molecule has 12 heavy (non-hydrogen) atoms. The minimum atomic E-state index is -0.0924. The molecular weight excluding hydrogens is 218 g/mol. The highest BCUT2D eigenvalue weighted by atomic mass is 79.9. The Labute approximate surface area is 83.2 Å². The van der Waals surface area contributed by atoms with Crippen molar-refractivity contribution in [3.63, 3.8) is 0 Å². The predicted octanol–water partition coefficient (Wildman–Crippen LogP) is 2.32. The Morgan fingerprint density at radius 3 is 2.42 bits per heavy atom. The number of rotatable bonds is 4. The van der Waals surface area contributed by atoms with E-state index in [0.717, 1.165) is 13.0 Å². The third-order valence-corrected chi connectivity index (χ3v) is 2.48. The van der Waals surface area contributed by atoms with Crippen LogP contribution in [0.5, 0.6) is 0 Å². The first-order valence-corrected chi connectivity index (χ1v) is 5.22. The lowest BCUT2D eigenvalue weighted by Gasteiger charge is -2.23. The van der Waals surface area contributed by atoms with Crippen LogP contribution in [-0.4, -0.2) is 17.3 Å². The van der Waals surface area contributed by atoms with Crippen molar-refractivity contribution in [1.29, 1.82) is 0 Å². The first-order chi connectivity index (χ1) is 5.39. The Kier molecular flexibility index (Phi) is 4.83. The average molecular weight is 236 g/mol. The molecule has 0 saturated carbocycles. The van der Waals surface area contributed by atoms with Gasteiger partial charge in [0.25, 0.3) is 0 Å². The largest absolute Gasteiger partial charge is 0.355 e. The van der Waals surface area contributed by atoms with Crippen molar-refractivity contribution in [2.75, 3.05) is 6.54 Å². The molecule has 0 bridgehead atoms. The maximum absolute atomic E-state index is 11.1. The Morgan fingerprint density at radius 2 is 2.08 bits per heavy atom. The van der Waals surface area contributed by atoms with Crippen LogP contribution in [-0.2, 0) is 4.79 Å². The Balaban J connectivity index is 3.76. The van der Waals surface area contributed by atoms with Gasteiger partial charge in [0.15, 0.2) is 0 Å². The highest BCUT2D eigenvalue weighted by Crippen LogP contribution is 2.17. The number of halogens is 1. The number of carbonyl (C=O) groups excluding carboxylic acids is 1. The molecule has 0 aromatic heterocycles. The molecule has 1 unspecified atom stereocenters. The Morgan fingerprint density at radius 1 is 1.58 bits per heavy atom. The summed E-state index contributed by atoms with van der Waals surface area (Å²) in [6.45, 7) is 8.99. The summed E-state index contributed by atoms with van der Waals surface area (Å²) in [5.74, 6) is 0.0662. The summed E-state index contributed by atoms with van der Waals surface area (Å²) >= 11 is 3.22. The van der Waals surface area contributed by atoms with E-state index in [2.05, 4.69) is 42.0 Å². The number of amides is 1. The molecular formula is C9H18BrNO. The van der Waals surface area contributed by atoms with Crippen molar-refractivity contribution < 1.29 is 4.79 Å². The number of carbonyl (C=O) groups is 1. The number of alkyl halides is 1. The van der Waals surface area contributed by atoms with Crippen LogP contribution in [0.25, 0.3) is 0 Å². The maximum atomic E-state index is 11.1. The van der Waals surface area contributed by atoms with Gasteiger partial charge in [0, 0.05) is 6.54 Å². The summed E-state index contributed by atoms with van der Waals surface area (Å²) < 4.78 is 0. The molecule has 0 saturated heterocycles. The zero-order valence-electron chi connectivity index (χ0n) is 8.28.